The van der Waals surface area contributed by atoms with Crippen molar-refractivity contribution < 1.29 is 8.78 Å². The van der Waals surface area contributed by atoms with Crippen LogP contribution in [0.3, 0.4) is 0 Å². The Morgan fingerprint density at radius 1 is 1.17 bits per heavy atom. The summed E-state index contributed by atoms with van der Waals surface area (Å²) in [6, 6.07) is 3.80. The molecular formula is C17H16F2N2OS. The van der Waals surface area contributed by atoms with Gasteiger partial charge in [-0.15, -0.1) is 11.8 Å². The van der Waals surface area contributed by atoms with Gasteiger partial charge in [0, 0.05) is 17.5 Å². The van der Waals surface area contributed by atoms with Crippen LogP contribution in [0.4, 0.5) is 8.78 Å². The molecule has 1 aromatic heterocycles. The van der Waals surface area contributed by atoms with Gasteiger partial charge in [0.25, 0.3) is 5.56 Å². The van der Waals surface area contributed by atoms with E-state index in [9.17, 15) is 13.6 Å². The molecule has 0 unspecified atom stereocenters. The number of hydrogen-bond donors (Lipinski definition) is 2. The number of aromatic nitrogens is 1. The van der Waals surface area contributed by atoms with E-state index in [1.54, 1.807) is 0 Å². The van der Waals surface area contributed by atoms with E-state index in [-0.39, 0.29) is 16.9 Å². The summed E-state index contributed by atoms with van der Waals surface area (Å²) in [5.41, 5.74) is 2.03. The number of rotatable bonds is 4. The van der Waals surface area contributed by atoms with Crippen molar-refractivity contribution in [2.75, 3.05) is 0 Å². The molecule has 2 aromatic rings. The zero-order valence-corrected chi connectivity index (χ0v) is 13.2. The summed E-state index contributed by atoms with van der Waals surface area (Å²) in [6.07, 6.45) is 4.68. The van der Waals surface area contributed by atoms with Crippen LogP contribution in [0.1, 0.15) is 35.1 Å². The SMILES string of the molecule is N=Cc1c2c(c(SCc3c(F)cccc3F)[nH]c1=O)CCCC2. The predicted octanol–water partition coefficient (Wildman–Crippen LogP) is 3.82. The molecule has 1 aliphatic rings. The Balaban J connectivity index is 1.96. The zero-order valence-electron chi connectivity index (χ0n) is 12.4. The lowest BCUT2D eigenvalue weighted by Gasteiger charge is -2.20. The quantitative estimate of drug-likeness (QED) is 0.660. The summed E-state index contributed by atoms with van der Waals surface area (Å²) in [7, 11) is 0. The van der Waals surface area contributed by atoms with Crippen molar-refractivity contribution in [2.24, 2.45) is 0 Å². The van der Waals surface area contributed by atoms with E-state index in [0.717, 1.165) is 43.0 Å². The molecule has 0 amide bonds. The Labute approximate surface area is 136 Å². The van der Waals surface area contributed by atoms with Crippen LogP contribution in [0.15, 0.2) is 28.0 Å². The van der Waals surface area contributed by atoms with Crippen molar-refractivity contribution in [3.8, 4) is 0 Å². The monoisotopic (exact) mass is 334 g/mol. The molecule has 0 bridgehead atoms. The van der Waals surface area contributed by atoms with Crippen LogP contribution >= 0.6 is 11.8 Å². The lowest BCUT2D eigenvalue weighted by molar-refractivity contribution is 0.566. The number of H-pyrrole nitrogens is 1. The van der Waals surface area contributed by atoms with Crippen LogP contribution in [-0.4, -0.2) is 11.2 Å². The number of halogens is 2. The maximum Gasteiger partial charge on any atom is 0.257 e. The highest BCUT2D eigenvalue weighted by molar-refractivity contribution is 7.98. The summed E-state index contributed by atoms with van der Waals surface area (Å²) in [4.78, 5) is 14.9. The highest BCUT2D eigenvalue weighted by Crippen LogP contribution is 2.32. The summed E-state index contributed by atoms with van der Waals surface area (Å²) < 4.78 is 27.5. The summed E-state index contributed by atoms with van der Waals surface area (Å²) >= 11 is 1.24. The summed E-state index contributed by atoms with van der Waals surface area (Å²) in [6.45, 7) is 0. The molecular weight excluding hydrogens is 318 g/mol. The fraction of sp³-hybridized carbons (Fsp3) is 0.294. The minimum absolute atomic E-state index is 0.0130. The third-order valence-corrected chi connectivity index (χ3v) is 5.18. The molecule has 0 radical (unpaired) electrons. The smallest absolute Gasteiger partial charge is 0.257 e. The standard InChI is InChI=1S/C17H16F2N2OS/c18-14-6-3-7-15(19)13(14)9-23-17-11-5-2-1-4-10(11)12(8-20)16(22)21-17/h3,6-8,20H,1-2,4-5,9H2,(H,21,22). The van der Waals surface area contributed by atoms with Gasteiger partial charge in [-0.1, -0.05) is 6.07 Å². The van der Waals surface area contributed by atoms with Gasteiger partial charge in [-0.25, -0.2) is 8.78 Å². The van der Waals surface area contributed by atoms with Gasteiger partial charge in [0.05, 0.1) is 10.6 Å². The van der Waals surface area contributed by atoms with Crippen molar-refractivity contribution in [3.63, 3.8) is 0 Å². The Hall–Kier alpha value is -1.95. The number of benzene rings is 1. The van der Waals surface area contributed by atoms with Crippen molar-refractivity contribution in [1.82, 2.24) is 4.98 Å². The molecule has 0 atom stereocenters. The molecule has 120 valence electrons. The number of aromatic amines is 1. The normalized spacial score (nSPS) is 13.7. The van der Waals surface area contributed by atoms with Gasteiger partial charge >= 0.3 is 0 Å². The fourth-order valence-electron chi connectivity index (χ4n) is 2.93. The van der Waals surface area contributed by atoms with E-state index < -0.39 is 11.6 Å². The van der Waals surface area contributed by atoms with E-state index >= 15 is 0 Å². The molecule has 1 aromatic carbocycles. The van der Waals surface area contributed by atoms with Gasteiger partial charge in [-0.3, -0.25) is 4.79 Å². The molecule has 1 heterocycles. The third-order valence-electron chi connectivity index (χ3n) is 4.11. The second kappa shape index (κ2) is 6.66. The molecule has 23 heavy (non-hydrogen) atoms. The maximum atomic E-state index is 13.7. The molecule has 0 fully saturated rings. The van der Waals surface area contributed by atoms with E-state index in [0.29, 0.717) is 10.6 Å². The first-order valence-corrected chi connectivity index (χ1v) is 8.44. The van der Waals surface area contributed by atoms with Gasteiger partial charge in [-0.05, 0) is 48.9 Å². The number of fused-ring (bicyclic) bond motifs is 1. The van der Waals surface area contributed by atoms with Crippen LogP contribution in [0.5, 0.6) is 0 Å². The van der Waals surface area contributed by atoms with E-state index in [1.165, 1.54) is 30.0 Å². The zero-order chi connectivity index (χ0) is 16.4. The second-order valence-electron chi connectivity index (χ2n) is 5.49. The molecule has 0 saturated heterocycles. The van der Waals surface area contributed by atoms with Gasteiger partial charge in [0.2, 0.25) is 0 Å². The summed E-state index contributed by atoms with van der Waals surface area (Å²) in [5.74, 6) is -1.04. The fourth-order valence-corrected chi connectivity index (χ4v) is 4.06. The van der Waals surface area contributed by atoms with Gasteiger partial charge < -0.3 is 10.4 Å². The number of thioether (sulfide) groups is 1. The highest BCUT2D eigenvalue weighted by atomic mass is 32.2. The molecule has 6 heteroatoms. The first-order valence-electron chi connectivity index (χ1n) is 7.46. The lowest BCUT2D eigenvalue weighted by Crippen LogP contribution is -2.21. The first-order chi connectivity index (χ1) is 11.1. The van der Waals surface area contributed by atoms with Crippen molar-refractivity contribution >= 4 is 18.0 Å². The van der Waals surface area contributed by atoms with Crippen LogP contribution < -0.4 is 5.56 Å². The number of hydrogen-bond acceptors (Lipinski definition) is 3. The average Bonchev–Trinajstić information content (AvgIpc) is 2.54. The van der Waals surface area contributed by atoms with Crippen molar-refractivity contribution in [3.05, 3.63) is 62.4 Å². The van der Waals surface area contributed by atoms with Gasteiger partial charge in [-0.2, -0.15) is 0 Å². The van der Waals surface area contributed by atoms with Gasteiger partial charge in [0.15, 0.2) is 0 Å². The van der Waals surface area contributed by atoms with E-state index in [2.05, 4.69) is 4.98 Å². The molecule has 3 rings (SSSR count). The Morgan fingerprint density at radius 3 is 2.48 bits per heavy atom. The topological polar surface area (TPSA) is 56.7 Å². The van der Waals surface area contributed by atoms with Gasteiger partial charge in [0.1, 0.15) is 11.6 Å². The maximum absolute atomic E-state index is 13.7. The molecule has 1 aliphatic carbocycles. The molecule has 2 N–H and O–H groups in total. The first kappa shape index (κ1) is 15.9. The molecule has 0 spiro atoms. The number of pyridine rings is 1. The number of nitrogens with one attached hydrogen (secondary N) is 2. The Bertz CT molecular complexity index is 797. The van der Waals surface area contributed by atoms with Crippen LogP contribution in [-0.2, 0) is 18.6 Å². The largest absolute Gasteiger partial charge is 0.316 e. The minimum Gasteiger partial charge on any atom is -0.316 e. The van der Waals surface area contributed by atoms with E-state index in [4.69, 9.17) is 5.41 Å². The van der Waals surface area contributed by atoms with Crippen LogP contribution in [0.25, 0.3) is 0 Å². The van der Waals surface area contributed by atoms with Crippen molar-refractivity contribution in [2.45, 2.75) is 36.5 Å². The van der Waals surface area contributed by atoms with E-state index in [1.807, 2.05) is 0 Å². The second-order valence-corrected chi connectivity index (χ2v) is 6.48. The predicted molar refractivity (Wildman–Crippen MR) is 87.5 cm³/mol. The van der Waals surface area contributed by atoms with Crippen LogP contribution in [0, 0.1) is 17.0 Å². The Kier molecular flexibility index (Phi) is 4.61. The summed E-state index contributed by atoms with van der Waals surface area (Å²) in [5, 5.41) is 8.10. The molecule has 0 saturated carbocycles. The molecule has 0 aliphatic heterocycles. The highest BCUT2D eigenvalue weighted by Gasteiger charge is 2.20. The molecule has 3 nitrogen and oxygen atoms in total. The lowest BCUT2D eigenvalue weighted by atomic mass is 9.90. The van der Waals surface area contributed by atoms with Crippen LogP contribution in [0.2, 0.25) is 0 Å². The average molecular weight is 334 g/mol. The third kappa shape index (κ3) is 3.08. The van der Waals surface area contributed by atoms with Crippen molar-refractivity contribution in [1.29, 1.82) is 5.41 Å². The Morgan fingerprint density at radius 2 is 1.83 bits per heavy atom. The minimum atomic E-state index is -0.579.